The smallest absolute Gasteiger partial charge is 0.261 e. The number of carbonyl (C=O) groups excluding carboxylic acids is 1. The van der Waals surface area contributed by atoms with Gasteiger partial charge in [-0.15, -0.1) is 0 Å². The van der Waals surface area contributed by atoms with Crippen LogP contribution in [0.2, 0.25) is 0 Å². The highest BCUT2D eigenvalue weighted by Crippen LogP contribution is 2.17. The minimum Gasteiger partial charge on any atom is -0.364 e. The number of H-pyrrole nitrogens is 1. The average Bonchev–Trinajstić information content (AvgIpc) is 2.48. The molecule has 4 nitrogen and oxygen atoms in total. The van der Waals surface area contributed by atoms with E-state index in [1.165, 1.54) is 24.4 Å². The second kappa shape index (κ2) is 5.52. The quantitative estimate of drug-likeness (QED) is 0.891. The number of fused-ring (bicyclic) bond motifs is 1. The fourth-order valence-electron chi connectivity index (χ4n) is 2.64. The van der Waals surface area contributed by atoms with Gasteiger partial charge in [-0.3, -0.25) is 9.59 Å². The van der Waals surface area contributed by atoms with E-state index in [-0.39, 0.29) is 11.0 Å². The standard InChI is InChI=1S/C16H15FN2O2/c17-10-4-3-5-11(8-10)19-16(21)13-9-18-14-7-2-1-6-12(14)15(13)20/h3-5,8-9H,1-2,6-7H2,(H,18,20)(H,19,21). The summed E-state index contributed by atoms with van der Waals surface area (Å²) in [6.45, 7) is 0. The van der Waals surface area contributed by atoms with Gasteiger partial charge in [-0.05, 0) is 43.9 Å². The zero-order valence-electron chi connectivity index (χ0n) is 11.4. The Hall–Kier alpha value is -2.43. The average molecular weight is 286 g/mol. The molecule has 0 radical (unpaired) electrons. The van der Waals surface area contributed by atoms with Crippen LogP contribution in [0.25, 0.3) is 0 Å². The van der Waals surface area contributed by atoms with Crippen LogP contribution in [0.1, 0.15) is 34.5 Å². The van der Waals surface area contributed by atoms with Gasteiger partial charge < -0.3 is 10.3 Å². The van der Waals surface area contributed by atoms with E-state index in [0.29, 0.717) is 17.7 Å². The Balaban J connectivity index is 1.90. The molecule has 0 atom stereocenters. The van der Waals surface area contributed by atoms with E-state index in [1.54, 1.807) is 6.07 Å². The highest BCUT2D eigenvalue weighted by atomic mass is 19.1. The fraction of sp³-hybridized carbons (Fsp3) is 0.250. The van der Waals surface area contributed by atoms with Crippen molar-refractivity contribution in [2.24, 2.45) is 0 Å². The van der Waals surface area contributed by atoms with Gasteiger partial charge in [0.15, 0.2) is 5.43 Å². The van der Waals surface area contributed by atoms with Crippen molar-refractivity contribution in [3.05, 3.63) is 63.3 Å². The van der Waals surface area contributed by atoms with Crippen LogP contribution < -0.4 is 10.7 Å². The molecule has 0 fully saturated rings. The van der Waals surface area contributed by atoms with Crippen molar-refractivity contribution in [3.8, 4) is 0 Å². The van der Waals surface area contributed by atoms with E-state index in [2.05, 4.69) is 10.3 Å². The topological polar surface area (TPSA) is 62.0 Å². The molecule has 0 saturated heterocycles. The fourth-order valence-corrected chi connectivity index (χ4v) is 2.64. The third kappa shape index (κ3) is 2.72. The van der Waals surface area contributed by atoms with Crippen LogP contribution in [0, 0.1) is 5.82 Å². The first-order valence-corrected chi connectivity index (χ1v) is 6.95. The molecule has 3 rings (SSSR count). The number of hydrogen-bond acceptors (Lipinski definition) is 2. The summed E-state index contributed by atoms with van der Waals surface area (Å²) in [5, 5.41) is 2.55. The second-order valence-electron chi connectivity index (χ2n) is 5.16. The first-order chi connectivity index (χ1) is 10.1. The molecule has 5 heteroatoms. The molecule has 0 bridgehead atoms. The minimum atomic E-state index is -0.518. The van der Waals surface area contributed by atoms with Crippen LogP contribution in [0.5, 0.6) is 0 Å². The molecule has 0 saturated carbocycles. The molecule has 21 heavy (non-hydrogen) atoms. The summed E-state index contributed by atoms with van der Waals surface area (Å²) in [7, 11) is 0. The first kappa shape index (κ1) is 13.5. The number of aromatic amines is 1. The molecule has 1 aliphatic carbocycles. The third-order valence-corrected chi connectivity index (χ3v) is 3.70. The number of carbonyl (C=O) groups is 1. The number of pyridine rings is 1. The SMILES string of the molecule is O=C(Nc1cccc(F)c1)c1c[nH]c2c(c1=O)CCCC2. The van der Waals surface area contributed by atoms with Crippen LogP contribution in [-0.4, -0.2) is 10.9 Å². The number of amides is 1. The molecule has 1 amide bonds. The molecule has 2 aromatic rings. The van der Waals surface area contributed by atoms with Crippen LogP contribution in [-0.2, 0) is 12.8 Å². The highest BCUT2D eigenvalue weighted by Gasteiger charge is 2.19. The van der Waals surface area contributed by atoms with Gasteiger partial charge in [0, 0.05) is 23.1 Å². The van der Waals surface area contributed by atoms with Crippen molar-refractivity contribution < 1.29 is 9.18 Å². The van der Waals surface area contributed by atoms with Gasteiger partial charge in [-0.2, -0.15) is 0 Å². The molecule has 1 aromatic carbocycles. The lowest BCUT2D eigenvalue weighted by atomic mass is 9.94. The van der Waals surface area contributed by atoms with Crippen LogP contribution in [0.15, 0.2) is 35.3 Å². The summed E-state index contributed by atoms with van der Waals surface area (Å²) >= 11 is 0. The molecular weight excluding hydrogens is 271 g/mol. The first-order valence-electron chi connectivity index (χ1n) is 6.95. The number of aromatic nitrogens is 1. The monoisotopic (exact) mass is 286 g/mol. The van der Waals surface area contributed by atoms with Crippen molar-refractivity contribution in [1.82, 2.24) is 4.98 Å². The number of halogens is 1. The summed E-state index contributed by atoms with van der Waals surface area (Å²) in [5.41, 5.74) is 1.80. The molecule has 1 aliphatic rings. The van der Waals surface area contributed by atoms with Crippen molar-refractivity contribution in [2.45, 2.75) is 25.7 Å². The van der Waals surface area contributed by atoms with E-state index >= 15 is 0 Å². The molecule has 0 aliphatic heterocycles. The summed E-state index contributed by atoms with van der Waals surface area (Å²) in [5.74, 6) is -0.956. The van der Waals surface area contributed by atoms with E-state index < -0.39 is 11.7 Å². The Labute approximate surface area is 121 Å². The summed E-state index contributed by atoms with van der Waals surface area (Å²) in [6, 6.07) is 5.58. The maximum atomic E-state index is 13.1. The maximum Gasteiger partial charge on any atom is 0.261 e. The van der Waals surface area contributed by atoms with Crippen molar-refractivity contribution in [2.75, 3.05) is 5.32 Å². The Morgan fingerprint density at radius 3 is 2.86 bits per heavy atom. The van der Waals surface area contributed by atoms with Crippen molar-refractivity contribution in [1.29, 1.82) is 0 Å². The van der Waals surface area contributed by atoms with Gasteiger partial charge in [0.25, 0.3) is 5.91 Å². The van der Waals surface area contributed by atoms with Crippen molar-refractivity contribution in [3.63, 3.8) is 0 Å². The Kier molecular flexibility index (Phi) is 3.56. The number of rotatable bonds is 2. The van der Waals surface area contributed by atoms with E-state index in [0.717, 1.165) is 25.0 Å². The molecule has 1 heterocycles. The van der Waals surface area contributed by atoms with Gasteiger partial charge in [0.2, 0.25) is 0 Å². The lowest BCUT2D eigenvalue weighted by Gasteiger charge is -2.15. The Bertz CT molecular complexity index is 752. The lowest BCUT2D eigenvalue weighted by molar-refractivity contribution is 0.102. The van der Waals surface area contributed by atoms with E-state index in [9.17, 15) is 14.0 Å². The Morgan fingerprint density at radius 1 is 1.24 bits per heavy atom. The largest absolute Gasteiger partial charge is 0.364 e. The number of anilines is 1. The summed E-state index contributed by atoms with van der Waals surface area (Å²) in [6.07, 6.45) is 5.01. The summed E-state index contributed by atoms with van der Waals surface area (Å²) < 4.78 is 13.1. The zero-order valence-corrected chi connectivity index (χ0v) is 11.4. The number of benzene rings is 1. The van der Waals surface area contributed by atoms with Gasteiger partial charge >= 0.3 is 0 Å². The van der Waals surface area contributed by atoms with Gasteiger partial charge in [-0.25, -0.2) is 4.39 Å². The third-order valence-electron chi connectivity index (χ3n) is 3.70. The summed E-state index contributed by atoms with van der Waals surface area (Å²) in [4.78, 5) is 27.6. The normalized spacial score (nSPS) is 13.6. The minimum absolute atomic E-state index is 0.0694. The molecule has 108 valence electrons. The lowest BCUT2D eigenvalue weighted by Crippen LogP contribution is -2.27. The molecule has 0 unspecified atom stereocenters. The van der Waals surface area contributed by atoms with E-state index in [4.69, 9.17) is 0 Å². The molecule has 0 spiro atoms. The second-order valence-corrected chi connectivity index (χ2v) is 5.16. The van der Waals surface area contributed by atoms with Gasteiger partial charge in [0.05, 0.1) is 0 Å². The number of aryl methyl sites for hydroxylation is 1. The predicted octanol–water partition coefficient (Wildman–Crippen LogP) is 2.65. The Morgan fingerprint density at radius 2 is 2.05 bits per heavy atom. The zero-order chi connectivity index (χ0) is 14.8. The van der Waals surface area contributed by atoms with Gasteiger partial charge in [0.1, 0.15) is 11.4 Å². The van der Waals surface area contributed by atoms with Crippen molar-refractivity contribution >= 4 is 11.6 Å². The molecular formula is C16H15FN2O2. The van der Waals surface area contributed by atoms with Crippen LogP contribution >= 0.6 is 0 Å². The van der Waals surface area contributed by atoms with Crippen LogP contribution in [0.4, 0.5) is 10.1 Å². The maximum absolute atomic E-state index is 13.1. The van der Waals surface area contributed by atoms with Gasteiger partial charge in [-0.1, -0.05) is 6.07 Å². The highest BCUT2D eigenvalue weighted by molar-refractivity contribution is 6.04. The number of nitrogens with one attached hydrogen (secondary N) is 2. The molecule has 1 aromatic heterocycles. The van der Waals surface area contributed by atoms with E-state index in [1.807, 2.05) is 0 Å². The van der Waals surface area contributed by atoms with Crippen LogP contribution in [0.3, 0.4) is 0 Å². The predicted molar refractivity (Wildman–Crippen MR) is 78.1 cm³/mol. The molecule has 2 N–H and O–H groups in total. The number of hydrogen-bond donors (Lipinski definition) is 2.